The molecule has 3 heterocycles. The number of ether oxygens (including phenoxy) is 1. The van der Waals surface area contributed by atoms with E-state index in [2.05, 4.69) is 58.5 Å². The van der Waals surface area contributed by atoms with E-state index in [1.807, 2.05) is 0 Å². The summed E-state index contributed by atoms with van der Waals surface area (Å²) in [5.41, 5.74) is 2.71. The number of benzene rings is 1. The van der Waals surface area contributed by atoms with Crippen molar-refractivity contribution in [3.05, 3.63) is 29.8 Å². The van der Waals surface area contributed by atoms with Crippen LogP contribution < -0.4 is 15.5 Å². The summed E-state index contributed by atoms with van der Waals surface area (Å²) in [6, 6.07) is 9.31. The van der Waals surface area contributed by atoms with Gasteiger partial charge in [-0.3, -0.25) is 9.89 Å². The lowest BCUT2D eigenvalue weighted by Gasteiger charge is -2.36. The zero-order chi connectivity index (χ0) is 20.8. The maximum absolute atomic E-state index is 5.96. The lowest BCUT2D eigenvalue weighted by Crippen LogP contribution is -2.47. The van der Waals surface area contributed by atoms with Gasteiger partial charge in [0.2, 0.25) is 0 Å². The first-order valence-electron chi connectivity index (χ1n) is 12.0. The molecule has 0 spiro atoms. The lowest BCUT2D eigenvalue weighted by molar-refractivity contribution is 0.0992. The Morgan fingerprint density at radius 3 is 2.73 bits per heavy atom. The molecule has 3 aliphatic rings. The molecule has 2 bridgehead atoms. The fraction of sp³-hybridized carbons (Fsp3) is 0.708. The van der Waals surface area contributed by atoms with Crippen molar-refractivity contribution in [1.29, 1.82) is 0 Å². The van der Waals surface area contributed by atoms with Crippen LogP contribution in [0.25, 0.3) is 0 Å². The first-order valence-corrected chi connectivity index (χ1v) is 12.0. The maximum atomic E-state index is 5.96. The molecule has 6 heteroatoms. The molecule has 166 valence electrons. The minimum absolute atomic E-state index is 0.386. The van der Waals surface area contributed by atoms with Crippen molar-refractivity contribution >= 4 is 11.6 Å². The summed E-state index contributed by atoms with van der Waals surface area (Å²) in [6.45, 7) is 11.8. The Bertz CT molecular complexity index is 701. The number of nitrogens with zero attached hydrogens (tertiary/aromatic N) is 3. The third-order valence-corrected chi connectivity index (χ3v) is 6.66. The van der Waals surface area contributed by atoms with Gasteiger partial charge >= 0.3 is 0 Å². The van der Waals surface area contributed by atoms with E-state index in [1.165, 1.54) is 37.1 Å². The van der Waals surface area contributed by atoms with Gasteiger partial charge in [-0.15, -0.1) is 0 Å². The summed E-state index contributed by atoms with van der Waals surface area (Å²) < 4.78 is 5.96. The second kappa shape index (κ2) is 10.5. The Morgan fingerprint density at radius 2 is 2.03 bits per heavy atom. The molecule has 3 unspecified atom stereocenters. The molecule has 3 fully saturated rings. The van der Waals surface area contributed by atoms with Crippen LogP contribution >= 0.6 is 0 Å². The third kappa shape index (κ3) is 5.67. The number of anilines is 1. The second-order valence-electron chi connectivity index (χ2n) is 9.00. The van der Waals surface area contributed by atoms with Gasteiger partial charge in [0.25, 0.3) is 0 Å². The van der Waals surface area contributed by atoms with Gasteiger partial charge in [-0.05, 0) is 70.2 Å². The SMILES string of the molecule is CCNC(=NCCCCN1CCN(c2cccc(C)c2)CC1)NC1CC2CCC1O2. The van der Waals surface area contributed by atoms with Gasteiger partial charge in [0.05, 0.1) is 18.2 Å². The first kappa shape index (κ1) is 21.4. The van der Waals surface area contributed by atoms with Crippen molar-refractivity contribution in [3.63, 3.8) is 0 Å². The summed E-state index contributed by atoms with van der Waals surface area (Å²) in [5.74, 6) is 0.963. The van der Waals surface area contributed by atoms with Gasteiger partial charge in [-0.2, -0.15) is 0 Å². The number of aliphatic imine (C=N–C) groups is 1. The van der Waals surface area contributed by atoms with E-state index < -0.39 is 0 Å². The smallest absolute Gasteiger partial charge is 0.191 e. The van der Waals surface area contributed by atoms with Gasteiger partial charge in [0, 0.05) is 45.0 Å². The Kier molecular flexibility index (Phi) is 7.50. The lowest BCUT2D eigenvalue weighted by atomic mass is 9.96. The summed E-state index contributed by atoms with van der Waals surface area (Å²) in [6.07, 6.45) is 6.77. The van der Waals surface area contributed by atoms with Crippen LogP contribution in [0.3, 0.4) is 0 Å². The predicted octanol–water partition coefficient (Wildman–Crippen LogP) is 2.77. The predicted molar refractivity (Wildman–Crippen MR) is 124 cm³/mol. The number of hydrogen-bond donors (Lipinski definition) is 2. The largest absolute Gasteiger partial charge is 0.373 e. The molecular weight excluding hydrogens is 374 g/mol. The summed E-state index contributed by atoms with van der Waals surface area (Å²) in [5, 5.41) is 7.01. The number of aryl methyl sites for hydroxylation is 1. The van der Waals surface area contributed by atoms with Gasteiger partial charge in [-0.1, -0.05) is 12.1 Å². The first-order chi connectivity index (χ1) is 14.7. The summed E-state index contributed by atoms with van der Waals surface area (Å²) >= 11 is 0. The summed E-state index contributed by atoms with van der Waals surface area (Å²) in [7, 11) is 0. The van der Waals surface area contributed by atoms with Crippen molar-refractivity contribution in [2.24, 2.45) is 4.99 Å². The fourth-order valence-corrected chi connectivity index (χ4v) is 4.98. The van der Waals surface area contributed by atoms with Crippen LogP contribution in [-0.4, -0.2) is 74.9 Å². The van der Waals surface area contributed by atoms with E-state index in [0.29, 0.717) is 18.2 Å². The highest BCUT2D eigenvalue weighted by Gasteiger charge is 2.41. The minimum Gasteiger partial charge on any atom is -0.373 e. The number of hydrogen-bond acceptors (Lipinski definition) is 4. The highest BCUT2D eigenvalue weighted by atomic mass is 16.5. The molecule has 3 saturated heterocycles. The Labute approximate surface area is 182 Å². The van der Waals surface area contributed by atoms with E-state index >= 15 is 0 Å². The molecule has 3 atom stereocenters. The van der Waals surface area contributed by atoms with Crippen LogP contribution in [0.15, 0.2) is 29.3 Å². The summed E-state index contributed by atoms with van der Waals surface area (Å²) in [4.78, 5) is 9.93. The van der Waals surface area contributed by atoms with Crippen LogP contribution in [0.4, 0.5) is 5.69 Å². The second-order valence-corrected chi connectivity index (χ2v) is 9.00. The van der Waals surface area contributed by atoms with Gasteiger partial charge in [0.1, 0.15) is 0 Å². The minimum atomic E-state index is 0.386. The Morgan fingerprint density at radius 1 is 1.17 bits per heavy atom. The number of piperazine rings is 1. The van der Waals surface area contributed by atoms with E-state index in [0.717, 1.165) is 58.1 Å². The number of guanidine groups is 1. The molecule has 0 amide bonds. The average Bonchev–Trinajstić information content (AvgIpc) is 3.37. The Hall–Kier alpha value is -1.79. The van der Waals surface area contributed by atoms with Crippen molar-refractivity contribution in [1.82, 2.24) is 15.5 Å². The molecule has 0 radical (unpaired) electrons. The highest BCUT2D eigenvalue weighted by molar-refractivity contribution is 5.80. The highest BCUT2D eigenvalue weighted by Crippen LogP contribution is 2.34. The van der Waals surface area contributed by atoms with E-state index in [9.17, 15) is 0 Å². The van der Waals surface area contributed by atoms with Crippen LogP contribution in [-0.2, 0) is 4.74 Å². The van der Waals surface area contributed by atoms with E-state index in [-0.39, 0.29) is 0 Å². The number of fused-ring (bicyclic) bond motifs is 2. The van der Waals surface area contributed by atoms with Gasteiger partial charge in [-0.25, -0.2) is 0 Å². The van der Waals surface area contributed by atoms with Crippen LogP contribution in [0.1, 0.15) is 44.6 Å². The standard InChI is InChI=1S/C24H39N5O/c1-3-25-24(27-22-18-21-9-10-23(22)30-21)26-11-4-5-12-28-13-15-29(16-14-28)20-8-6-7-19(2)17-20/h6-8,17,21-23H,3-5,9-16,18H2,1-2H3,(H2,25,26,27). The quantitative estimate of drug-likeness (QED) is 0.390. The molecule has 1 aromatic rings. The van der Waals surface area contributed by atoms with Crippen LogP contribution in [0.2, 0.25) is 0 Å². The van der Waals surface area contributed by atoms with Crippen molar-refractivity contribution in [3.8, 4) is 0 Å². The number of unbranched alkanes of at least 4 members (excludes halogenated alkanes) is 1. The van der Waals surface area contributed by atoms with Crippen LogP contribution in [0, 0.1) is 6.92 Å². The monoisotopic (exact) mass is 413 g/mol. The molecule has 0 saturated carbocycles. The molecule has 0 aliphatic carbocycles. The Balaban J connectivity index is 1.13. The molecule has 6 nitrogen and oxygen atoms in total. The molecule has 2 N–H and O–H groups in total. The van der Waals surface area contributed by atoms with Crippen LogP contribution in [0.5, 0.6) is 0 Å². The normalized spacial score (nSPS) is 26.9. The zero-order valence-electron chi connectivity index (χ0n) is 18.8. The van der Waals surface area contributed by atoms with Crippen molar-refractivity contribution < 1.29 is 4.74 Å². The third-order valence-electron chi connectivity index (χ3n) is 6.66. The zero-order valence-corrected chi connectivity index (χ0v) is 18.8. The molecule has 0 aromatic heterocycles. The van der Waals surface area contributed by atoms with Gasteiger partial charge in [0.15, 0.2) is 5.96 Å². The maximum Gasteiger partial charge on any atom is 0.191 e. The van der Waals surface area contributed by atoms with E-state index in [1.54, 1.807) is 0 Å². The number of nitrogens with one attached hydrogen (secondary N) is 2. The molecule has 30 heavy (non-hydrogen) atoms. The molecule has 1 aromatic carbocycles. The van der Waals surface area contributed by atoms with Crippen molar-refractivity contribution in [2.75, 3.05) is 50.7 Å². The molecule has 4 rings (SSSR count). The molecule has 3 aliphatic heterocycles. The fourth-order valence-electron chi connectivity index (χ4n) is 4.98. The number of rotatable bonds is 8. The van der Waals surface area contributed by atoms with E-state index in [4.69, 9.17) is 9.73 Å². The van der Waals surface area contributed by atoms with Crippen molar-refractivity contribution in [2.45, 2.75) is 64.2 Å². The topological polar surface area (TPSA) is 52.1 Å². The molecular formula is C24H39N5O. The van der Waals surface area contributed by atoms with Gasteiger partial charge < -0.3 is 20.3 Å². The average molecular weight is 414 g/mol.